The highest BCUT2D eigenvalue weighted by Gasteiger charge is 2.18. The molecule has 2 aromatic carbocycles. The van der Waals surface area contributed by atoms with Crippen molar-refractivity contribution in [1.29, 1.82) is 0 Å². The number of halogens is 1. The molecule has 1 heterocycles. The summed E-state index contributed by atoms with van der Waals surface area (Å²) in [6.07, 6.45) is 0. The lowest BCUT2D eigenvalue weighted by Gasteiger charge is -2.14. The van der Waals surface area contributed by atoms with Crippen molar-refractivity contribution in [1.82, 2.24) is 5.32 Å². The van der Waals surface area contributed by atoms with Crippen molar-refractivity contribution < 1.29 is 14.3 Å². The molecule has 3 rings (SSSR count). The predicted octanol–water partition coefficient (Wildman–Crippen LogP) is 5.41. The largest absolute Gasteiger partial charge is 0.451 e. The van der Waals surface area contributed by atoms with Crippen molar-refractivity contribution >= 4 is 34.8 Å². The molecule has 0 saturated heterocycles. The quantitative estimate of drug-likeness (QED) is 0.549. The maximum Gasteiger partial charge on any atom is 0.349 e. The van der Waals surface area contributed by atoms with E-state index in [9.17, 15) is 9.59 Å². The summed E-state index contributed by atoms with van der Waals surface area (Å²) in [6.45, 7) is 3.54. The lowest BCUT2D eigenvalue weighted by Crippen LogP contribution is -2.31. The summed E-state index contributed by atoms with van der Waals surface area (Å²) in [6, 6.07) is 16.8. The number of aryl methyl sites for hydroxylation is 1. The molecule has 0 saturated carbocycles. The zero-order valence-electron chi connectivity index (χ0n) is 15.6. The van der Waals surface area contributed by atoms with Gasteiger partial charge in [-0.05, 0) is 48.6 Å². The number of hydrogen-bond donors (Lipinski definition) is 1. The monoisotopic (exact) mass is 413 g/mol. The van der Waals surface area contributed by atoms with Gasteiger partial charge < -0.3 is 10.1 Å². The standard InChI is InChI=1S/C22H20ClNO3S/c1-14-3-5-17(6-4-14)19-11-12-28-21(19)22(26)27-13-20(25)24-15(2)16-7-9-18(23)10-8-16/h3-12,15H,13H2,1-2H3,(H,24,25)/t15-/m1/s1. The Kier molecular flexibility index (Phi) is 6.49. The van der Waals surface area contributed by atoms with Crippen molar-refractivity contribution in [2.45, 2.75) is 19.9 Å². The normalized spacial score (nSPS) is 11.7. The Morgan fingerprint density at radius 1 is 1.07 bits per heavy atom. The Hall–Kier alpha value is -2.63. The number of thiophene rings is 1. The predicted molar refractivity (Wildman–Crippen MR) is 113 cm³/mol. The smallest absolute Gasteiger partial charge is 0.349 e. The molecule has 0 spiro atoms. The number of amides is 1. The fourth-order valence-electron chi connectivity index (χ4n) is 2.74. The van der Waals surface area contributed by atoms with Gasteiger partial charge in [-0.3, -0.25) is 4.79 Å². The second kappa shape index (κ2) is 9.04. The van der Waals surface area contributed by atoms with E-state index >= 15 is 0 Å². The van der Waals surface area contributed by atoms with Gasteiger partial charge in [-0.25, -0.2) is 4.79 Å². The molecule has 0 fully saturated rings. The third-order valence-electron chi connectivity index (χ3n) is 4.30. The fraction of sp³-hybridized carbons (Fsp3) is 0.182. The van der Waals surface area contributed by atoms with Gasteiger partial charge in [-0.1, -0.05) is 53.6 Å². The minimum atomic E-state index is -0.500. The molecule has 1 N–H and O–H groups in total. The maximum atomic E-state index is 12.5. The van der Waals surface area contributed by atoms with E-state index in [2.05, 4.69) is 5.32 Å². The van der Waals surface area contributed by atoms with E-state index < -0.39 is 5.97 Å². The van der Waals surface area contributed by atoms with Crippen LogP contribution in [0.2, 0.25) is 5.02 Å². The van der Waals surface area contributed by atoms with E-state index in [4.69, 9.17) is 16.3 Å². The van der Waals surface area contributed by atoms with Crippen molar-refractivity contribution in [2.24, 2.45) is 0 Å². The van der Waals surface area contributed by atoms with Crippen LogP contribution in [0.25, 0.3) is 11.1 Å². The summed E-state index contributed by atoms with van der Waals surface area (Å²) in [4.78, 5) is 25.1. The molecule has 0 aliphatic carbocycles. The van der Waals surface area contributed by atoms with E-state index in [-0.39, 0.29) is 18.6 Å². The number of nitrogens with one attached hydrogen (secondary N) is 1. The van der Waals surface area contributed by atoms with Gasteiger partial charge in [0.25, 0.3) is 5.91 Å². The number of hydrogen-bond acceptors (Lipinski definition) is 4. The molecule has 0 bridgehead atoms. The first-order valence-electron chi connectivity index (χ1n) is 8.80. The van der Waals surface area contributed by atoms with E-state index in [1.165, 1.54) is 11.3 Å². The van der Waals surface area contributed by atoms with Crippen molar-refractivity contribution in [3.63, 3.8) is 0 Å². The summed E-state index contributed by atoms with van der Waals surface area (Å²) in [5.41, 5.74) is 3.82. The van der Waals surface area contributed by atoms with Crippen molar-refractivity contribution in [2.75, 3.05) is 6.61 Å². The summed E-state index contributed by atoms with van der Waals surface area (Å²) in [5, 5.41) is 5.29. The third kappa shape index (κ3) is 5.00. The number of benzene rings is 2. The summed E-state index contributed by atoms with van der Waals surface area (Å²) >= 11 is 7.18. The Bertz CT molecular complexity index is 964. The molecule has 4 nitrogen and oxygen atoms in total. The van der Waals surface area contributed by atoms with Crippen LogP contribution in [0.5, 0.6) is 0 Å². The van der Waals surface area contributed by atoms with Gasteiger partial charge >= 0.3 is 5.97 Å². The molecule has 1 amide bonds. The average molecular weight is 414 g/mol. The van der Waals surface area contributed by atoms with E-state index in [0.717, 1.165) is 22.3 Å². The zero-order chi connectivity index (χ0) is 20.1. The lowest BCUT2D eigenvalue weighted by atomic mass is 10.1. The van der Waals surface area contributed by atoms with Gasteiger partial charge in [0, 0.05) is 10.6 Å². The molecule has 0 radical (unpaired) electrons. The van der Waals surface area contributed by atoms with Crippen LogP contribution < -0.4 is 5.32 Å². The number of carbonyl (C=O) groups excluding carboxylic acids is 2. The summed E-state index contributed by atoms with van der Waals surface area (Å²) in [7, 11) is 0. The highest BCUT2D eigenvalue weighted by atomic mass is 35.5. The first-order valence-corrected chi connectivity index (χ1v) is 10.1. The molecular weight excluding hydrogens is 394 g/mol. The number of esters is 1. The van der Waals surface area contributed by atoms with Gasteiger partial charge in [0.05, 0.1) is 6.04 Å². The van der Waals surface area contributed by atoms with Gasteiger partial charge in [-0.15, -0.1) is 11.3 Å². The topological polar surface area (TPSA) is 55.4 Å². The first kappa shape index (κ1) is 20.1. The van der Waals surface area contributed by atoms with E-state index in [1.54, 1.807) is 12.1 Å². The Labute approximate surface area is 173 Å². The molecule has 28 heavy (non-hydrogen) atoms. The molecule has 1 atom stereocenters. The van der Waals surface area contributed by atoms with Crippen LogP contribution in [0, 0.1) is 6.92 Å². The molecule has 3 aromatic rings. The Morgan fingerprint density at radius 2 is 1.75 bits per heavy atom. The van der Waals surface area contributed by atoms with Crippen LogP contribution >= 0.6 is 22.9 Å². The molecule has 1 aromatic heterocycles. The summed E-state index contributed by atoms with van der Waals surface area (Å²) < 4.78 is 5.23. The van der Waals surface area contributed by atoms with Gasteiger partial charge in [-0.2, -0.15) is 0 Å². The fourth-order valence-corrected chi connectivity index (χ4v) is 3.68. The highest BCUT2D eigenvalue weighted by Crippen LogP contribution is 2.29. The third-order valence-corrected chi connectivity index (χ3v) is 5.44. The lowest BCUT2D eigenvalue weighted by molar-refractivity contribution is -0.124. The molecule has 144 valence electrons. The van der Waals surface area contributed by atoms with Crippen LogP contribution in [-0.4, -0.2) is 18.5 Å². The van der Waals surface area contributed by atoms with Crippen LogP contribution in [-0.2, 0) is 9.53 Å². The second-order valence-electron chi connectivity index (χ2n) is 6.45. The molecular formula is C22H20ClNO3S. The first-order chi connectivity index (χ1) is 13.4. The SMILES string of the molecule is Cc1ccc(-c2ccsc2C(=O)OCC(=O)N[C@H](C)c2ccc(Cl)cc2)cc1. The van der Waals surface area contributed by atoms with Crippen molar-refractivity contribution in [3.05, 3.63) is 81.0 Å². The van der Waals surface area contributed by atoms with Gasteiger partial charge in [0.1, 0.15) is 4.88 Å². The Morgan fingerprint density at radius 3 is 2.43 bits per heavy atom. The average Bonchev–Trinajstić information content (AvgIpc) is 3.17. The maximum absolute atomic E-state index is 12.5. The van der Waals surface area contributed by atoms with Crippen molar-refractivity contribution in [3.8, 4) is 11.1 Å². The number of carbonyl (C=O) groups is 2. The van der Waals surface area contributed by atoms with Crippen LogP contribution in [0.4, 0.5) is 0 Å². The molecule has 0 aliphatic heterocycles. The van der Waals surface area contributed by atoms with E-state index in [1.807, 2.05) is 61.7 Å². The van der Waals surface area contributed by atoms with Gasteiger partial charge in [0.15, 0.2) is 6.61 Å². The van der Waals surface area contributed by atoms with Gasteiger partial charge in [0.2, 0.25) is 0 Å². The summed E-state index contributed by atoms with van der Waals surface area (Å²) in [5.74, 6) is -0.857. The number of rotatable bonds is 6. The number of ether oxygens (including phenoxy) is 1. The minimum Gasteiger partial charge on any atom is -0.451 e. The molecule has 0 unspecified atom stereocenters. The minimum absolute atomic E-state index is 0.215. The van der Waals surface area contributed by atoms with Crippen LogP contribution in [0.1, 0.15) is 33.8 Å². The van der Waals surface area contributed by atoms with Crippen LogP contribution in [0.15, 0.2) is 60.0 Å². The zero-order valence-corrected chi connectivity index (χ0v) is 17.1. The highest BCUT2D eigenvalue weighted by molar-refractivity contribution is 7.12. The second-order valence-corrected chi connectivity index (χ2v) is 7.80. The molecule has 6 heteroatoms. The molecule has 0 aliphatic rings. The van der Waals surface area contributed by atoms with E-state index in [0.29, 0.717) is 9.90 Å². The Balaban J connectivity index is 1.58. The van der Waals surface area contributed by atoms with Crippen LogP contribution in [0.3, 0.4) is 0 Å².